The molecule has 0 unspecified atom stereocenters. The van der Waals surface area contributed by atoms with Crippen molar-refractivity contribution in [2.45, 2.75) is 33.7 Å². The average molecular weight is 545 g/mol. The molecule has 4 rings (SSSR count). The minimum atomic E-state index is -0.728. The molecule has 8 heteroatoms. The smallest absolute Gasteiger partial charge is 0.269 e. The highest BCUT2D eigenvalue weighted by atomic mass is 32.1. The maximum absolute atomic E-state index is 13.6. The number of carbonyl (C=O) groups is 1. The minimum absolute atomic E-state index is 0.0513. The van der Waals surface area contributed by atoms with Gasteiger partial charge in [-0.25, -0.2) is 0 Å². The van der Waals surface area contributed by atoms with E-state index in [1.54, 1.807) is 25.3 Å². The van der Waals surface area contributed by atoms with E-state index in [9.17, 15) is 14.9 Å². The van der Waals surface area contributed by atoms with Crippen LogP contribution in [0.1, 0.15) is 32.8 Å². The van der Waals surface area contributed by atoms with E-state index in [2.05, 4.69) is 28.0 Å². The number of nitriles is 1. The summed E-state index contributed by atoms with van der Waals surface area (Å²) in [6.45, 7) is 9.84. The normalized spacial score (nSPS) is 15.6. The summed E-state index contributed by atoms with van der Waals surface area (Å²) in [5.74, 6) is -0.256. The molecule has 0 spiro atoms. The summed E-state index contributed by atoms with van der Waals surface area (Å²) in [6.07, 6.45) is 2.59. The van der Waals surface area contributed by atoms with E-state index in [4.69, 9.17) is 4.74 Å². The number of thiazole rings is 1. The number of morpholine rings is 1. The molecule has 39 heavy (non-hydrogen) atoms. The minimum Gasteiger partial charge on any atom is -0.379 e. The lowest BCUT2D eigenvalue weighted by Crippen LogP contribution is -2.39. The molecule has 1 saturated heterocycles. The van der Waals surface area contributed by atoms with Crippen LogP contribution in [0.25, 0.3) is 11.6 Å². The summed E-state index contributed by atoms with van der Waals surface area (Å²) in [7, 11) is 2.01. The number of benzene rings is 2. The number of ketones is 1. The monoisotopic (exact) mass is 544 g/mol. The Balaban J connectivity index is 1.70. The number of aromatic nitrogens is 1. The summed E-state index contributed by atoms with van der Waals surface area (Å²) in [5, 5.41) is 9.98. The van der Waals surface area contributed by atoms with Crippen LogP contribution in [0.4, 0.5) is 11.4 Å². The zero-order chi connectivity index (χ0) is 28.0. The van der Waals surface area contributed by atoms with Crippen LogP contribution in [0.2, 0.25) is 0 Å². The van der Waals surface area contributed by atoms with Crippen molar-refractivity contribution in [2.24, 2.45) is 5.41 Å². The lowest BCUT2D eigenvalue weighted by molar-refractivity contribution is -0.120. The summed E-state index contributed by atoms with van der Waals surface area (Å²) in [5.41, 5.74) is 2.15. The molecule has 2 heterocycles. The lowest BCUT2D eigenvalue weighted by atomic mass is 9.87. The maximum atomic E-state index is 13.6. The molecule has 0 N–H and O–H groups in total. The van der Waals surface area contributed by atoms with Gasteiger partial charge in [0, 0.05) is 50.0 Å². The molecule has 7 nitrogen and oxygen atoms in total. The average Bonchev–Trinajstić information content (AvgIpc) is 3.24. The predicted octanol–water partition coefficient (Wildman–Crippen LogP) is 3.52. The topological polar surface area (TPSA) is 78.6 Å². The molecule has 0 bridgehead atoms. The van der Waals surface area contributed by atoms with Gasteiger partial charge >= 0.3 is 0 Å². The number of nitrogens with zero attached hydrogens (tertiary/aromatic N) is 4. The molecule has 1 fully saturated rings. The lowest BCUT2D eigenvalue weighted by Gasteiger charge is -2.26. The van der Waals surface area contributed by atoms with Crippen molar-refractivity contribution in [2.75, 3.05) is 44.8 Å². The summed E-state index contributed by atoms with van der Waals surface area (Å²) in [6, 6.07) is 20.2. The van der Waals surface area contributed by atoms with E-state index in [1.807, 2.05) is 55.6 Å². The number of hydrogen-bond acceptors (Lipinski definition) is 7. The second-order valence-corrected chi connectivity index (χ2v) is 11.8. The van der Waals surface area contributed by atoms with E-state index in [1.165, 1.54) is 11.3 Å². The molecule has 3 aromatic rings. The molecule has 1 aromatic heterocycles. The molecule has 0 amide bonds. The maximum Gasteiger partial charge on any atom is 0.269 e. The van der Waals surface area contributed by atoms with Gasteiger partial charge in [0.15, 0.2) is 5.78 Å². The summed E-state index contributed by atoms with van der Waals surface area (Å²) < 4.78 is 8.00. The van der Waals surface area contributed by atoms with E-state index in [0.717, 1.165) is 56.2 Å². The van der Waals surface area contributed by atoms with Crippen LogP contribution in [0.3, 0.4) is 0 Å². The van der Waals surface area contributed by atoms with Gasteiger partial charge in [0.2, 0.25) is 0 Å². The second kappa shape index (κ2) is 12.6. The number of hydrogen-bond donors (Lipinski definition) is 0. The van der Waals surface area contributed by atoms with Crippen molar-refractivity contribution in [1.82, 2.24) is 9.47 Å². The van der Waals surface area contributed by atoms with E-state index < -0.39 is 5.41 Å². The molecule has 0 radical (unpaired) electrons. The van der Waals surface area contributed by atoms with Crippen molar-refractivity contribution in [3.63, 3.8) is 0 Å². The fourth-order valence-corrected chi connectivity index (χ4v) is 5.63. The molecule has 0 aliphatic carbocycles. The van der Waals surface area contributed by atoms with Crippen LogP contribution in [-0.2, 0) is 16.1 Å². The number of para-hydroxylation sites is 1. The molecule has 204 valence electrons. The standard InChI is InChI=1S/C31H36N4O3S/c1-31(2,3)28(36)26(22-32)30-35(16-8-15-34-17-19-38-20-18-34)29(37)27(39-30)21-23-11-13-25(14-12-23)33(4)24-9-6-5-7-10-24/h5-7,9-14,21H,8,15-20H2,1-4H3/b27-21+,30-26-. The zero-order valence-electron chi connectivity index (χ0n) is 23.1. The van der Waals surface area contributed by atoms with Crippen molar-refractivity contribution in [3.05, 3.63) is 79.7 Å². The van der Waals surface area contributed by atoms with Crippen LogP contribution in [0.15, 0.2) is 59.4 Å². The fourth-order valence-electron chi connectivity index (χ4n) is 4.50. The summed E-state index contributed by atoms with van der Waals surface area (Å²) in [4.78, 5) is 31.2. The van der Waals surface area contributed by atoms with Crippen molar-refractivity contribution in [3.8, 4) is 6.07 Å². The Labute approximate surface area is 233 Å². The Kier molecular flexibility index (Phi) is 9.18. The Morgan fingerprint density at radius 1 is 1.05 bits per heavy atom. The first-order chi connectivity index (χ1) is 18.7. The van der Waals surface area contributed by atoms with E-state index >= 15 is 0 Å². The number of ether oxygens (including phenoxy) is 1. The largest absolute Gasteiger partial charge is 0.379 e. The first kappa shape index (κ1) is 28.5. The molecular weight excluding hydrogens is 508 g/mol. The van der Waals surface area contributed by atoms with E-state index in [-0.39, 0.29) is 16.9 Å². The van der Waals surface area contributed by atoms with Crippen LogP contribution in [0, 0.1) is 16.7 Å². The third-order valence-electron chi connectivity index (χ3n) is 6.82. The SMILES string of the molecule is CN(c1ccccc1)c1ccc(/C=c2/s/c(=C(/C#N)C(=O)C(C)(C)C)n(CCCN3CCOCC3)c2=O)cc1. The van der Waals surface area contributed by atoms with Crippen molar-refractivity contribution >= 4 is 40.1 Å². The number of anilines is 2. The van der Waals surface area contributed by atoms with Gasteiger partial charge in [-0.15, -0.1) is 11.3 Å². The third kappa shape index (κ3) is 6.93. The summed E-state index contributed by atoms with van der Waals surface area (Å²) >= 11 is 1.22. The van der Waals surface area contributed by atoms with Crippen LogP contribution in [-0.4, -0.2) is 55.1 Å². The van der Waals surface area contributed by atoms with Crippen LogP contribution in [0.5, 0.6) is 0 Å². The van der Waals surface area contributed by atoms with Crippen LogP contribution >= 0.6 is 11.3 Å². The van der Waals surface area contributed by atoms with Gasteiger partial charge in [0.1, 0.15) is 16.3 Å². The van der Waals surface area contributed by atoms with Gasteiger partial charge in [0.05, 0.1) is 17.7 Å². The highest BCUT2D eigenvalue weighted by Crippen LogP contribution is 2.23. The number of carbonyl (C=O) groups excluding carboxylic acids is 1. The molecule has 0 atom stereocenters. The Bertz CT molecular complexity index is 1500. The molecule has 0 saturated carbocycles. The van der Waals surface area contributed by atoms with Crippen molar-refractivity contribution in [1.29, 1.82) is 5.26 Å². The highest BCUT2D eigenvalue weighted by molar-refractivity contribution is 7.07. The van der Waals surface area contributed by atoms with Crippen LogP contribution < -0.4 is 19.7 Å². The molecule has 1 aliphatic heterocycles. The van der Waals surface area contributed by atoms with Gasteiger partial charge in [-0.05, 0) is 42.3 Å². The Morgan fingerprint density at radius 2 is 1.69 bits per heavy atom. The fraction of sp³-hybridized carbons (Fsp3) is 0.387. The van der Waals surface area contributed by atoms with Gasteiger partial charge in [-0.1, -0.05) is 51.1 Å². The number of rotatable bonds is 8. The molecule has 2 aromatic carbocycles. The first-order valence-corrected chi connectivity index (χ1v) is 14.1. The molecular formula is C31H36N4O3S. The Morgan fingerprint density at radius 3 is 2.31 bits per heavy atom. The Hall–Kier alpha value is -3.51. The van der Waals surface area contributed by atoms with Crippen molar-refractivity contribution < 1.29 is 9.53 Å². The first-order valence-electron chi connectivity index (χ1n) is 13.3. The molecule has 1 aliphatic rings. The van der Waals surface area contributed by atoms with Gasteiger partial charge in [-0.3, -0.25) is 19.1 Å². The van der Waals surface area contributed by atoms with Gasteiger partial charge < -0.3 is 9.64 Å². The third-order valence-corrected chi connectivity index (χ3v) is 7.95. The quantitative estimate of drug-likeness (QED) is 0.432. The van der Waals surface area contributed by atoms with E-state index in [0.29, 0.717) is 15.7 Å². The second-order valence-electron chi connectivity index (χ2n) is 10.7. The van der Waals surface area contributed by atoms with Gasteiger partial charge in [-0.2, -0.15) is 5.26 Å². The number of Topliss-reactive ketones (excluding diaryl/α,β-unsaturated/α-hetero) is 1. The predicted molar refractivity (Wildman–Crippen MR) is 158 cm³/mol. The zero-order valence-corrected chi connectivity index (χ0v) is 24.0. The highest BCUT2D eigenvalue weighted by Gasteiger charge is 2.27. The van der Waals surface area contributed by atoms with Gasteiger partial charge in [0.25, 0.3) is 5.56 Å².